The highest BCUT2D eigenvalue weighted by Crippen LogP contribution is 2.19. The first kappa shape index (κ1) is 18.5. The number of aliphatic carboxylic acids is 1. The van der Waals surface area contributed by atoms with Crippen molar-refractivity contribution in [2.24, 2.45) is 0 Å². The Morgan fingerprint density at radius 3 is 2.68 bits per heavy atom. The van der Waals surface area contributed by atoms with E-state index in [-0.39, 0.29) is 29.8 Å². The summed E-state index contributed by atoms with van der Waals surface area (Å²) in [7, 11) is 0. The molecule has 0 aliphatic rings. The normalized spacial score (nSPS) is 12.0. The third-order valence-electron chi connectivity index (χ3n) is 3.51. The van der Waals surface area contributed by atoms with Crippen molar-refractivity contribution in [3.63, 3.8) is 0 Å². The van der Waals surface area contributed by atoms with Gasteiger partial charge in [-0.05, 0) is 19.9 Å². The Kier molecular flexibility index (Phi) is 5.76. The van der Waals surface area contributed by atoms with E-state index in [4.69, 9.17) is 4.74 Å². The number of ether oxygens (including phenoxy) is 1. The van der Waals surface area contributed by atoms with E-state index in [1.807, 2.05) is 0 Å². The molecule has 0 saturated carbocycles. The number of aryl methyl sites for hydroxylation is 2. The fourth-order valence-electron chi connectivity index (χ4n) is 2.15. The molecule has 2 rings (SSSR count). The topological polar surface area (TPSA) is 101 Å². The lowest BCUT2D eigenvalue weighted by Gasteiger charge is -2.15. The van der Waals surface area contributed by atoms with Crippen LogP contribution in [0, 0.1) is 19.7 Å². The van der Waals surface area contributed by atoms with E-state index in [9.17, 15) is 19.1 Å². The van der Waals surface area contributed by atoms with Crippen LogP contribution in [0.25, 0.3) is 11.0 Å². The molecule has 1 atom stereocenters. The summed E-state index contributed by atoms with van der Waals surface area (Å²) in [6.07, 6.45) is 1.46. The van der Waals surface area contributed by atoms with Gasteiger partial charge in [0, 0.05) is 6.07 Å². The van der Waals surface area contributed by atoms with Gasteiger partial charge >= 0.3 is 5.97 Å². The lowest BCUT2D eigenvalue weighted by Crippen LogP contribution is -2.44. The van der Waals surface area contributed by atoms with Gasteiger partial charge in [0.1, 0.15) is 11.3 Å². The number of benzene rings is 1. The molecule has 132 valence electrons. The highest BCUT2D eigenvalue weighted by Gasteiger charge is 2.23. The summed E-state index contributed by atoms with van der Waals surface area (Å²) >= 11 is 0. The van der Waals surface area contributed by atoms with Crippen molar-refractivity contribution in [3.8, 4) is 0 Å². The number of aromatic nitrogens is 2. The zero-order chi connectivity index (χ0) is 18.6. The Bertz CT molecular complexity index is 838. The summed E-state index contributed by atoms with van der Waals surface area (Å²) in [6.45, 7) is 6.80. The van der Waals surface area contributed by atoms with Gasteiger partial charge in [-0.2, -0.15) is 0 Å². The molecule has 8 heteroatoms. The number of hydrogen-bond donors (Lipinski definition) is 2. The van der Waals surface area contributed by atoms with Gasteiger partial charge in [-0.3, -0.25) is 4.79 Å². The van der Waals surface area contributed by atoms with Crippen molar-refractivity contribution in [2.75, 3.05) is 13.2 Å². The molecule has 7 nitrogen and oxygen atoms in total. The maximum atomic E-state index is 13.8. The van der Waals surface area contributed by atoms with Crippen LogP contribution >= 0.6 is 0 Å². The van der Waals surface area contributed by atoms with Crippen LogP contribution in [-0.2, 0) is 9.53 Å². The van der Waals surface area contributed by atoms with Crippen LogP contribution in [0.3, 0.4) is 0 Å². The predicted molar refractivity (Wildman–Crippen MR) is 88.9 cm³/mol. The lowest BCUT2D eigenvalue weighted by atomic mass is 10.1. The molecule has 2 aromatic rings. The van der Waals surface area contributed by atoms with Gasteiger partial charge < -0.3 is 15.2 Å². The van der Waals surface area contributed by atoms with Gasteiger partial charge in [0.15, 0.2) is 6.04 Å². The summed E-state index contributed by atoms with van der Waals surface area (Å²) < 4.78 is 18.9. The number of nitrogens with one attached hydrogen (secondary N) is 1. The quantitative estimate of drug-likeness (QED) is 0.585. The molecule has 0 saturated heterocycles. The summed E-state index contributed by atoms with van der Waals surface area (Å²) in [5, 5.41) is 11.5. The molecule has 1 unspecified atom stereocenters. The third-order valence-corrected chi connectivity index (χ3v) is 3.51. The molecule has 1 aromatic heterocycles. The van der Waals surface area contributed by atoms with Crippen LogP contribution in [0.1, 0.15) is 21.7 Å². The average molecular weight is 347 g/mol. The van der Waals surface area contributed by atoms with Crippen molar-refractivity contribution in [1.29, 1.82) is 0 Å². The van der Waals surface area contributed by atoms with Gasteiger partial charge in [-0.1, -0.05) is 6.08 Å². The van der Waals surface area contributed by atoms with Crippen LogP contribution in [0.5, 0.6) is 0 Å². The number of nitrogens with zero attached hydrogens (tertiary/aromatic N) is 2. The van der Waals surface area contributed by atoms with Crippen molar-refractivity contribution >= 4 is 22.9 Å². The maximum absolute atomic E-state index is 13.8. The van der Waals surface area contributed by atoms with E-state index in [1.54, 1.807) is 13.8 Å². The second kappa shape index (κ2) is 7.80. The van der Waals surface area contributed by atoms with E-state index < -0.39 is 23.7 Å². The Morgan fingerprint density at radius 2 is 2.04 bits per heavy atom. The molecule has 0 spiro atoms. The minimum Gasteiger partial charge on any atom is -0.480 e. The fourth-order valence-corrected chi connectivity index (χ4v) is 2.15. The Labute approximate surface area is 143 Å². The van der Waals surface area contributed by atoms with Gasteiger partial charge in [-0.15, -0.1) is 6.58 Å². The first-order valence-corrected chi connectivity index (χ1v) is 7.50. The van der Waals surface area contributed by atoms with Crippen LogP contribution in [-0.4, -0.2) is 46.2 Å². The zero-order valence-electron chi connectivity index (χ0n) is 13.9. The maximum Gasteiger partial charge on any atom is 0.328 e. The number of carboxylic acids is 1. The Hall–Kier alpha value is -2.87. The molecule has 1 amide bonds. The van der Waals surface area contributed by atoms with Crippen LogP contribution in [0.4, 0.5) is 4.39 Å². The van der Waals surface area contributed by atoms with Crippen LogP contribution in [0.15, 0.2) is 24.8 Å². The standard InChI is InChI=1S/C17H18FN3O4/c1-4-5-25-8-14(17(23)24)21-16(22)12-6-11(18)7-13-15(12)20-10(3)9(2)19-13/h4,6-7,14H,1,5,8H2,2-3H3,(H,21,22)(H,23,24). The average Bonchev–Trinajstić information content (AvgIpc) is 2.54. The second-order valence-corrected chi connectivity index (χ2v) is 5.41. The van der Waals surface area contributed by atoms with Gasteiger partial charge in [0.2, 0.25) is 0 Å². The van der Waals surface area contributed by atoms with Crippen molar-refractivity contribution in [2.45, 2.75) is 19.9 Å². The minimum absolute atomic E-state index is 0.0828. The molecule has 0 bridgehead atoms. The number of halogens is 1. The molecule has 25 heavy (non-hydrogen) atoms. The van der Waals surface area contributed by atoms with E-state index in [0.717, 1.165) is 6.07 Å². The number of hydrogen-bond acceptors (Lipinski definition) is 5. The van der Waals surface area contributed by atoms with Crippen molar-refractivity contribution < 1.29 is 23.8 Å². The predicted octanol–water partition coefficient (Wildman–Crippen LogP) is 1.77. The highest BCUT2D eigenvalue weighted by atomic mass is 19.1. The summed E-state index contributed by atoms with van der Waals surface area (Å²) in [4.78, 5) is 32.2. The molecular weight excluding hydrogens is 329 g/mol. The molecule has 1 heterocycles. The number of carboxylic acid groups (broad SMARTS) is 1. The van der Waals surface area contributed by atoms with Gasteiger partial charge in [0.05, 0.1) is 35.7 Å². The number of amides is 1. The monoisotopic (exact) mass is 347 g/mol. The summed E-state index contributed by atoms with van der Waals surface area (Å²) in [5.74, 6) is -2.70. The number of rotatable bonds is 7. The van der Waals surface area contributed by atoms with Gasteiger partial charge in [0.25, 0.3) is 5.91 Å². The molecule has 0 radical (unpaired) electrons. The molecule has 2 N–H and O–H groups in total. The molecule has 0 aliphatic heterocycles. The van der Waals surface area contributed by atoms with E-state index >= 15 is 0 Å². The number of carbonyl (C=O) groups excluding carboxylic acids is 1. The van der Waals surface area contributed by atoms with Crippen molar-refractivity contribution in [3.05, 3.63) is 47.6 Å². The van der Waals surface area contributed by atoms with E-state index in [1.165, 1.54) is 12.1 Å². The second-order valence-electron chi connectivity index (χ2n) is 5.41. The third kappa shape index (κ3) is 4.36. The summed E-state index contributed by atoms with van der Waals surface area (Å²) in [6, 6.07) is 0.892. The van der Waals surface area contributed by atoms with Crippen molar-refractivity contribution in [1.82, 2.24) is 15.3 Å². The van der Waals surface area contributed by atoms with E-state index in [2.05, 4.69) is 21.9 Å². The van der Waals surface area contributed by atoms with Gasteiger partial charge in [-0.25, -0.2) is 19.2 Å². The smallest absolute Gasteiger partial charge is 0.328 e. The Morgan fingerprint density at radius 1 is 1.36 bits per heavy atom. The first-order chi connectivity index (χ1) is 11.8. The number of fused-ring (bicyclic) bond motifs is 1. The summed E-state index contributed by atoms with van der Waals surface area (Å²) in [5.41, 5.74) is 1.56. The number of carbonyl (C=O) groups is 2. The fraction of sp³-hybridized carbons (Fsp3) is 0.294. The van der Waals surface area contributed by atoms with Crippen LogP contribution < -0.4 is 5.32 Å². The molecule has 0 aliphatic carbocycles. The minimum atomic E-state index is -1.29. The van der Waals surface area contributed by atoms with E-state index in [0.29, 0.717) is 11.4 Å². The largest absolute Gasteiger partial charge is 0.480 e. The van der Waals surface area contributed by atoms with Crippen LogP contribution in [0.2, 0.25) is 0 Å². The molecular formula is C17H18FN3O4. The SMILES string of the molecule is C=CCOCC(NC(=O)c1cc(F)cc2nc(C)c(C)nc12)C(=O)O. The highest BCUT2D eigenvalue weighted by molar-refractivity contribution is 6.05. The first-order valence-electron chi connectivity index (χ1n) is 7.50. The lowest BCUT2D eigenvalue weighted by molar-refractivity contribution is -0.140. The molecule has 1 aromatic carbocycles. The molecule has 0 fully saturated rings. The zero-order valence-corrected chi connectivity index (χ0v) is 13.9. The Balaban J connectivity index is 2.35.